The molecule has 1 aliphatic rings. The zero-order valence-electron chi connectivity index (χ0n) is 14.5. The number of rotatable bonds is 5. The van der Waals surface area contributed by atoms with Gasteiger partial charge in [0.25, 0.3) is 5.91 Å². The molecule has 0 radical (unpaired) electrons. The van der Waals surface area contributed by atoms with E-state index in [9.17, 15) is 9.59 Å². The highest BCUT2D eigenvalue weighted by atomic mass is 79.9. The number of carbonyl (C=O) groups is 2. The predicted molar refractivity (Wildman–Crippen MR) is 101 cm³/mol. The lowest BCUT2D eigenvalue weighted by molar-refractivity contribution is -0.136. The molecule has 0 fully saturated rings. The van der Waals surface area contributed by atoms with Gasteiger partial charge in [0.05, 0.1) is 19.2 Å². The molecule has 1 N–H and O–H groups in total. The summed E-state index contributed by atoms with van der Waals surface area (Å²) in [6.07, 6.45) is -0.878. The molecule has 136 valence electrons. The largest absolute Gasteiger partial charge is 0.496 e. The van der Waals surface area contributed by atoms with E-state index in [1.807, 2.05) is 30.3 Å². The SMILES string of the molecule is COc1ccc(Br)cc1CN(C)C(=O)C[C@@H]1Oc2ccccc2NC1=O. The van der Waals surface area contributed by atoms with Crippen LogP contribution in [-0.4, -0.2) is 37.0 Å². The average Bonchev–Trinajstić information content (AvgIpc) is 2.62. The first kappa shape index (κ1) is 18.3. The molecule has 0 saturated carbocycles. The second kappa shape index (κ2) is 7.78. The van der Waals surface area contributed by atoms with Crippen molar-refractivity contribution >= 4 is 33.4 Å². The third-order valence-corrected chi connectivity index (χ3v) is 4.64. The van der Waals surface area contributed by atoms with Crippen molar-refractivity contribution in [2.24, 2.45) is 0 Å². The van der Waals surface area contributed by atoms with Gasteiger partial charge in [0.15, 0.2) is 6.10 Å². The van der Waals surface area contributed by atoms with E-state index in [2.05, 4.69) is 21.2 Å². The number of benzene rings is 2. The molecule has 0 aliphatic carbocycles. The van der Waals surface area contributed by atoms with Crippen molar-refractivity contribution in [1.29, 1.82) is 0 Å². The summed E-state index contributed by atoms with van der Waals surface area (Å²) in [4.78, 5) is 26.3. The fourth-order valence-corrected chi connectivity index (χ4v) is 3.16. The number of amides is 2. The van der Waals surface area contributed by atoms with Crippen LogP contribution < -0.4 is 14.8 Å². The Kier molecular flexibility index (Phi) is 5.46. The van der Waals surface area contributed by atoms with E-state index in [0.29, 0.717) is 23.7 Å². The topological polar surface area (TPSA) is 67.9 Å². The van der Waals surface area contributed by atoms with Gasteiger partial charge >= 0.3 is 0 Å². The Balaban J connectivity index is 1.67. The molecule has 2 amide bonds. The minimum absolute atomic E-state index is 0.0347. The monoisotopic (exact) mass is 418 g/mol. The number of nitrogens with one attached hydrogen (secondary N) is 1. The van der Waals surface area contributed by atoms with Crippen LogP contribution in [0, 0.1) is 0 Å². The second-order valence-electron chi connectivity index (χ2n) is 6.00. The molecule has 1 aliphatic heterocycles. The van der Waals surface area contributed by atoms with Crippen molar-refractivity contribution in [3.05, 3.63) is 52.5 Å². The van der Waals surface area contributed by atoms with Crippen LogP contribution in [0.15, 0.2) is 46.9 Å². The fraction of sp³-hybridized carbons (Fsp3) is 0.263. The molecule has 0 unspecified atom stereocenters. The Morgan fingerprint density at radius 3 is 2.85 bits per heavy atom. The Morgan fingerprint density at radius 2 is 2.08 bits per heavy atom. The Bertz CT molecular complexity index is 840. The fourth-order valence-electron chi connectivity index (χ4n) is 2.76. The van der Waals surface area contributed by atoms with Gasteiger partial charge in [-0.3, -0.25) is 9.59 Å². The number of ether oxygens (including phenoxy) is 2. The molecule has 0 aromatic heterocycles. The number of anilines is 1. The van der Waals surface area contributed by atoms with Gasteiger partial charge < -0.3 is 19.7 Å². The van der Waals surface area contributed by atoms with E-state index in [0.717, 1.165) is 10.0 Å². The lowest BCUT2D eigenvalue weighted by Gasteiger charge is -2.27. The van der Waals surface area contributed by atoms with Crippen LogP contribution in [0.3, 0.4) is 0 Å². The summed E-state index contributed by atoms with van der Waals surface area (Å²) in [5, 5.41) is 2.77. The molecule has 3 rings (SSSR count). The van der Waals surface area contributed by atoms with Crippen molar-refractivity contribution in [2.75, 3.05) is 19.5 Å². The zero-order chi connectivity index (χ0) is 18.7. The van der Waals surface area contributed by atoms with E-state index in [1.165, 1.54) is 0 Å². The van der Waals surface area contributed by atoms with Crippen molar-refractivity contribution in [3.8, 4) is 11.5 Å². The first-order valence-corrected chi connectivity index (χ1v) is 8.90. The highest BCUT2D eigenvalue weighted by Crippen LogP contribution is 2.30. The quantitative estimate of drug-likeness (QED) is 0.809. The number of hydrogen-bond donors (Lipinski definition) is 1. The van der Waals surface area contributed by atoms with Crippen LogP contribution in [-0.2, 0) is 16.1 Å². The van der Waals surface area contributed by atoms with E-state index >= 15 is 0 Å². The van der Waals surface area contributed by atoms with Crippen LogP contribution >= 0.6 is 15.9 Å². The number of hydrogen-bond acceptors (Lipinski definition) is 4. The first-order chi connectivity index (χ1) is 12.5. The van der Waals surface area contributed by atoms with Crippen molar-refractivity contribution in [3.63, 3.8) is 0 Å². The van der Waals surface area contributed by atoms with E-state index in [-0.39, 0.29) is 18.2 Å². The molecule has 26 heavy (non-hydrogen) atoms. The summed E-state index contributed by atoms with van der Waals surface area (Å²) in [5.74, 6) is 0.770. The van der Waals surface area contributed by atoms with Gasteiger partial charge in [-0.2, -0.15) is 0 Å². The van der Waals surface area contributed by atoms with Gasteiger partial charge in [-0.25, -0.2) is 0 Å². The number of para-hydroxylation sites is 2. The van der Waals surface area contributed by atoms with Crippen LogP contribution in [0.25, 0.3) is 0 Å². The Labute approximate surface area is 160 Å². The van der Waals surface area contributed by atoms with E-state index in [4.69, 9.17) is 9.47 Å². The molecular formula is C19H19BrN2O4. The van der Waals surface area contributed by atoms with Gasteiger partial charge in [0.1, 0.15) is 11.5 Å². The summed E-state index contributed by atoms with van der Waals surface area (Å²) in [6, 6.07) is 12.8. The third kappa shape index (κ3) is 3.99. The first-order valence-electron chi connectivity index (χ1n) is 8.11. The normalized spacial score (nSPS) is 15.5. The lowest BCUT2D eigenvalue weighted by Crippen LogP contribution is -2.41. The molecule has 6 nitrogen and oxygen atoms in total. The van der Waals surface area contributed by atoms with Gasteiger partial charge in [0, 0.05) is 23.6 Å². The van der Waals surface area contributed by atoms with Gasteiger partial charge in [-0.05, 0) is 30.3 Å². The second-order valence-corrected chi connectivity index (χ2v) is 6.92. The highest BCUT2D eigenvalue weighted by Gasteiger charge is 2.30. The van der Waals surface area contributed by atoms with Gasteiger partial charge in [0.2, 0.25) is 5.91 Å². The van der Waals surface area contributed by atoms with Crippen LogP contribution in [0.4, 0.5) is 5.69 Å². The molecule has 1 atom stereocenters. The highest BCUT2D eigenvalue weighted by molar-refractivity contribution is 9.10. The van der Waals surface area contributed by atoms with E-state index in [1.54, 1.807) is 31.2 Å². The number of methoxy groups -OCH3 is 1. The number of fused-ring (bicyclic) bond motifs is 1. The van der Waals surface area contributed by atoms with Gasteiger partial charge in [-0.15, -0.1) is 0 Å². The number of carbonyl (C=O) groups excluding carboxylic acids is 2. The lowest BCUT2D eigenvalue weighted by atomic mass is 10.1. The van der Waals surface area contributed by atoms with Gasteiger partial charge in [-0.1, -0.05) is 28.1 Å². The molecule has 1 heterocycles. The predicted octanol–water partition coefficient (Wildman–Crippen LogP) is 3.21. The van der Waals surface area contributed by atoms with Crippen LogP contribution in [0.5, 0.6) is 11.5 Å². The molecule has 2 aromatic rings. The maximum atomic E-state index is 12.6. The van der Waals surface area contributed by atoms with Crippen molar-refractivity contribution in [1.82, 2.24) is 4.90 Å². The summed E-state index contributed by atoms with van der Waals surface area (Å²) in [7, 11) is 3.28. The maximum Gasteiger partial charge on any atom is 0.266 e. The maximum absolute atomic E-state index is 12.6. The molecule has 0 saturated heterocycles. The van der Waals surface area contributed by atoms with Crippen molar-refractivity contribution < 1.29 is 19.1 Å². The van der Waals surface area contributed by atoms with Crippen LogP contribution in [0.2, 0.25) is 0 Å². The molecule has 7 heteroatoms. The smallest absolute Gasteiger partial charge is 0.266 e. The number of halogens is 1. The summed E-state index contributed by atoms with van der Waals surface area (Å²) >= 11 is 3.42. The van der Waals surface area contributed by atoms with E-state index < -0.39 is 6.10 Å². The Morgan fingerprint density at radius 1 is 1.31 bits per heavy atom. The minimum Gasteiger partial charge on any atom is -0.496 e. The van der Waals surface area contributed by atoms with Crippen molar-refractivity contribution in [2.45, 2.75) is 19.1 Å². The average molecular weight is 419 g/mol. The summed E-state index contributed by atoms with van der Waals surface area (Å²) in [5.41, 5.74) is 1.49. The zero-order valence-corrected chi connectivity index (χ0v) is 16.1. The molecule has 0 bridgehead atoms. The summed E-state index contributed by atoms with van der Waals surface area (Å²) in [6.45, 7) is 0.367. The molecule has 2 aromatic carbocycles. The Hall–Kier alpha value is -2.54. The number of nitrogens with zero attached hydrogens (tertiary/aromatic N) is 1. The molecule has 0 spiro atoms. The minimum atomic E-state index is -0.843. The standard InChI is InChI=1S/C19H19BrN2O4/c1-22(11-12-9-13(20)7-8-15(12)25-2)18(23)10-17-19(24)21-14-5-3-4-6-16(14)26-17/h3-9,17H,10-11H2,1-2H3,(H,21,24)/t17-/m0/s1. The molecular weight excluding hydrogens is 400 g/mol. The van der Waals surface area contributed by atoms with Crippen LogP contribution in [0.1, 0.15) is 12.0 Å². The third-order valence-electron chi connectivity index (χ3n) is 4.14. The summed E-state index contributed by atoms with van der Waals surface area (Å²) < 4.78 is 11.9.